The predicted molar refractivity (Wildman–Crippen MR) is 95.8 cm³/mol. The molecule has 3 rings (SSSR count). The van der Waals surface area contributed by atoms with Crippen LogP contribution in [0.25, 0.3) is 0 Å². The highest BCUT2D eigenvalue weighted by Crippen LogP contribution is 2.25. The summed E-state index contributed by atoms with van der Waals surface area (Å²) < 4.78 is 0. The third kappa shape index (κ3) is 4.23. The summed E-state index contributed by atoms with van der Waals surface area (Å²) in [7, 11) is 0. The van der Waals surface area contributed by atoms with Crippen molar-refractivity contribution in [2.24, 2.45) is 5.92 Å². The second-order valence-corrected chi connectivity index (χ2v) is 6.45. The summed E-state index contributed by atoms with van der Waals surface area (Å²) in [5, 5.41) is 3.62. The minimum Gasteiger partial charge on any atom is -0.312 e. The van der Waals surface area contributed by atoms with Crippen LogP contribution < -0.4 is 21.1 Å². The lowest BCUT2D eigenvalue weighted by molar-refractivity contribution is -0.117. The highest BCUT2D eigenvalue weighted by atomic mass is 35.5. The van der Waals surface area contributed by atoms with Gasteiger partial charge in [0.25, 0.3) is 0 Å². The fraction of sp³-hybridized carbons (Fsp3) is 0.588. The van der Waals surface area contributed by atoms with Gasteiger partial charge in [0.05, 0.1) is 0 Å². The first-order valence-corrected chi connectivity index (χ1v) is 8.27. The van der Waals surface area contributed by atoms with Crippen molar-refractivity contribution in [1.82, 2.24) is 16.2 Å². The fourth-order valence-corrected chi connectivity index (χ4v) is 3.22. The molecule has 3 unspecified atom stereocenters. The fourth-order valence-electron chi connectivity index (χ4n) is 3.22. The van der Waals surface area contributed by atoms with Gasteiger partial charge in [-0.15, -0.1) is 12.4 Å². The van der Waals surface area contributed by atoms with Gasteiger partial charge in [0, 0.05) is 49.7 Å². The number of rotatable bonds is 5. The number of hydrazine groups is 1. The number of nitrogens with one attached hydrogen (secondary N) is 3. The summed E-state index contributed by atoms with van der Waals surface area (Å²) in [6.45, 7) is 7.22. The molecule has 3 atom stereocenters. The van der Waals surface area contributed by atoms with E-state index in [1.54, 1.807) is 0 Å². The molecule has 5 nitrogen and oxygen atoms in total. The Hall–Kier alpha value is -1.14. The van der Waals surface area contributed by atoms with Crippen LogP contribution in [0.2, 0.25) is 0 Å². The first kappa shape index (κ1) is 18.2. The van der Waals surface area contributed by atoms with E-state index in [1.165, 1.54) is 5.56 Å². The van der Waals surface area contributed by atoms with Gasteiger partial charge in [-0.2, -0.15) is 0 Å². The topological polar surface area (TPSA) is 56.4 Å². The van der Waals surface area contributed by atoms with Gasteiger partial charge in [-0.1, -0.05) is 12.1 Å². The van der Waals surface area contributed by atoms with Gasteiger partial charge in [-0.3, -0.25) is 15.6 Å². The van der Waals surface area contributed by atoms with Crippen molar-refractivity contribution >= 4 is 24.0 Å². The number of amides is 1. The van der Waals surface area contributed by atoms with Crippen molar-refractivity contribution in [1.29, 1.82) is 0 Å². The molecule has 0 radical (unpaired) electrons. The molecule has 0 bridgehead atoms. The highest BCUT2D eigenvalue weighted by molar-refractivity contribution is 5.95. The van der Waals surface area contributed by atoms with Crippen molar-refractivity contribution in [2.45, 2.75) is 38.8 Å². The molecule has 23 heavy (non-hydrogen) atoms. The van der Waals surface area contributed by atoms with Gasteiger partial charge in [0.1, 0.15) is 0 Å². The van der Waals surface area contributed by atoms with E-state index in [4.69, 9.17) is 0 Å². The van der Waals surface area contributed by atoms with Crippen molar-refractivity contribution in [3.05, 3.63) is 29.8 Å². The molecule has 2 saturated heterocycles. The Morgan fingerprint density at radius 3 is 2.91 bits per heavy atom. The number of halogens is 1. The summed E-state index contributed by atoms with van der Waals surface area (Å²) in [5.41, 5.74) is 8.73. The number of benzene rings is 1. The van der Waals surface area contributed by atoms with Gasteiger partial charge < -0.3 is 10.2 Å². The molecule has 128 valence electrons. The largest absolute Gasteiger partial charge is 0.312 e. The quantitative estimate of drug-likeness (QED) is 0.768. The summed E-state index contributed by atoms with van der Waals surface area (Å²) in [4.78, 5) is 13.8. The molecule has 0 saturated carbocycles. The number of carbonyl (C=O) groups is 1. The molecule has 6 heteroatoms. The van der Waals surface area contributed by atoms with Crippen LogP contribution in [0.15, 0.2) is 24.3 Å². The van der Waals surface area contributed by atoms with Gasteiger partial charge >= 0.3 is 0 Å². The standard InChI is InChI=1S/C17H26N4O.ClH/c1-12(18-10-15-11-19-20-13(15)2)14-5-3-6-16(9-14)21-8-4-7-17(21)22;/h3,5-6,9,12-13,15,18-20H,4,7-8,10-11H2,1-2H3;1H. The summed E-state index contributed by atoms with van der Waals surface area (Å²) in [6, 6.07) is 9.15. The van der Waals surface area contributed by atoms with E-state index in [-0.39, 0.29) is 24.4 Å². The van der Waals surface area contributed by atoms with Crippen LogP contribution in [0.1, 0.15) is 38.3 Å². The zero-order chi connectivity index (χ0) is 15.5. The van der Waals surface area contributed by atoms with Crippen LogP contribution in [0.5, 0.6) is 0 Å². The van der Waals surface area contributed by atoms with Crippen molar-refractivity contribution < 1.29 is 4.79 Å². The second kappa shape index (κ2) is 8.11. The lowest BCUT2D eigenvalue weighted by atomic mass is 10.0. The molecule has 2 aliphatic heterocycles. The van der Waals surface area contributed by atoms with E-state index in [0.29, 0.717) is 18.4 Å². The molecule has 0 aliphatic carbocycles. The maximum Gasteiger partial charge on any atom is 0.227 e. The molecular formula is C17H27ClN4O. The van der Waals surface area contributed by atoms with E-state index >= 15 is 0 Å². The predicted octanol–water partition coefficient (Wildman–Crippen LogP) is 2.00. The molecular weight excluding hydrogens is 312 g/mol. The maximum atomic E-state index is 11.9. The number of hydrogen-bond donors (Lipinski definition) is 3. The van der Waals surface area contributed by atoms with E-state index in [0.717, 1.165) is 31.7 Å². The Balaban J connectivity index is 0.00000192. The zero-order valence-electron chi connectivity index (χ0n) is 13.8. The Morgan fingerprint density at radius 2 is 2.26 bits per heavy atom. The first-order chi connectivity index (χ1) is 10.6. The normalized spacial score (nSPS) is 25.5. The molecule has 0 aromatic heterocycles. The molecule has 2 aliphatic rings. The molecule has 1 aromatic rings. The molecule has 0 spiro atoms. The lowest BCUT2D eigenvalue weighted by Crippen LogP contribution is -2.33. The monoisotopic (exact) mass is 338 g/mol. The van der Waals surface area contributed by atoms with Gasteiger partial charge in [0.15, 0.2) is 0 Å². The molecule has 2 heterocycles. The number of anilines is 1. The Bertz CT molecular complexity index is 539. The molecule has 2 fully saturated rings. The number of nitrogens with zero attached hydrogens (tertiary/aromatic N) is 1. The first-order valence-electron chi connectivity index (χ1n) is 8.27. The van der Waals surface area contributed by atoms with Crippen LogP contribution >= 0.6 is 12.4 Å². The van der Waals surface area contributed by atoms with Gasteiger partial charge in [-0.25, -0.2) is 0 Å². The smallest absolute Gasteiger partial charge is 0.227 e. The van der Waals surface area contributed by atoms with Crippen LogP contribution in [-0.4, -0.2) is 31.6 Å². The van der Waals surface area contributed by atoms with E-state index in [9.17, 15) is 4.79 Å². The minimum atomic E-state index is 0. The Kier molecular flexibility index (Phi) is 6.41. The van der Waals surface area contributed by atoms with Gasteiger partial charge in [0.2, 0.25) is 5.91 Å². The van der Waals surface area contributed by atoms with Crippen LogP contribution in [-0.2, 0) is 4.79 Å². The second-order valence-electron chi connectivity index (χ2n) is 6.45. The number of carbonyl (C=O) groups excluding carboxylic acids is 1. The Labute approximate surface area is 144 Å². The summed E-state index contributed by atoms with van der Waals surface area (Å²) in [6.07, 6.45) is 1.65. The van der Waals surface area contributed by atoms with E-state index < -0.39 is 0 Å². The average Bonchev–Trinajstić information content (AvgIpc) is 3.13. The van der Waals surface area contributed by atoms with Gasteiger partial charge in [-0.05, 0) is 38.0 Å². The van der Waals surface area contributed by atoms with Crippen molar-refractivity contribution in [2.75, 3.05) is 24.5 Å². The highest BCUT2D eigenvalue weighted by Gasteiger charge is 2.24. The summed E-state index contributed by atoms with van der Waals surface area (Å²) >= 11 is 0. The third-order valence-corrected chi connectivity index (χ3v) is 4.84. The minimum absolute atomic E-state index is 0. The summed E-state index contributed by atoms with van der Waals surface area (Å²) in [5.74, 6) is 0.848. The SMILES string of the molecule is CC(NCC1CNNC1C)c1cccc(N2CCCC2=O)c1.Cl. The Morgan fingerprint density at radius 1 is 1.43 bits per heavy atom. The molecule has 1 amide bonds. The third-order valence-electron chi connectivity index (χ3n) is 4.84. The van der Waals surface area contributed by atoms with Crippen LogP contribution in [0.3, 0.4) is 0 Å². The average molecular weight is 339 g/mol. The van der Waals surface area contributed by atoms with E-state index in [1.807, 2.05) is 11.0 Å². The molecule has 3 N–H and O–H groups in total. The zero-order valence-corrected chi connectivity index (χ0v) is 14.7. The van der Waals surface area contributed by atoms with Crippen LogP contribution in [0.4, 0.5) is 5.69 Å². The van der Waals surface area contributed by atoms with Crippen LogP contribution in [0, 0.1) is 5.92 Å². The lowest BCUT2D eigenvalue weighted by Gasteiger charge is -2.21. The van der Waals surface area contributed by atoms with Crippen molar-refractivity contribution in [3.8, 4) is 0 Å². The van der Waals surface area contributed by atoms with E-state index in [2.05, 4.69) is 48.2 Å². The maximum absolute atomic E-state index is 11.9. The number of hydrogen-bond acceptors (Lipinski definition) is 4. The van der Waals surface area contributed by atoms with Crippen molar-refractivity contribution in [3.63, 3.8) is 0 Å². The molecule has 1 aromatic carbocycles.